The molecule has 1 rings (SSSR count). The molecule has 1 heterocycles. The predicted octanol–water partition coefficient (Wildman–Crippen LogP) is 0.636. The molecule has 0 radical (unpaired) electrons. The summed E-state index contributed by atoms with van der Waals surface area (Å²) in [6, 6.07) is 1.73. The Morgan fingerprint density at radius 2 is 2.43 bits per heavy atom. The summed E-state index contributed by atoms with van der Waals surface area (Å²) in [5.74, 6) is 1.18. The van der Waals surface area contributed by atoms with Gasteiger partial charge in [-0.1, -0.05) is 0 Å². The van der Waals surface area contributed by atoms with Crippen LogP contribution in [0.5, 0.6) is 5.88 Å². The van der Waals surface area contributed by atoms with E-state index in [9.17, 15) is 0 Å². The molecule has 78 valence electrons. The Bertz CT molecular complexity index is 267. The van der Waals surface area contributed by atoms with Crippen molar-refractivity contribution in [2.75, 3.05) is 25.0 Å². The van der Waals surface area contributed by atoms with Gasteiger partial charge >= 0.3 is 0 Å². The maximum atomic E-state index is 5.36. The molecule has 0 atom stereocenters. The summed E-state index contributed by atoms with van der Waals surface area (Å²) in [5.41, 5.74) is 5.36. The Morgan fingerprint density at radius 3 is 3.14 bits per heavy atom. The highest BCUT2D eigenvalue weighted by Crippen LogP contribution is 2.07. The molecule has 0 aliphatic rings. The average molecular weight is 196 g/mol. The van der Waals surface area contributed by atoms with E-state index < -0.39 is 0 Å². The minimum atomic E-state index is 0.587. The summed E-state index contributed by atoms with van der Waals surface area (Å²) < 4.78 is 5.24. The molecule has 0 fully saturated rings. The van der Waals surface area contributed by atoms with Crippen LogP contribution < -0.4 is 15.8 Å². The molecule has 0 unspecified atom stereocenters. The van der Waals surface area contributed by atoms with Crippen LogP contribution in [0.3, 0.4) is 0 Å². The molecular formula is C9H16N4O. The number of anilines is 1. The molecule has 0 aliphatic heterocycles. The smallest absolute Gasteiger partial charge is 0.225 e. The van der Waals surface area contributed by atoms with Gasteiger partial charge in [-0.25, -0.2) is 4.98 Å². The van der Waals surface area contributed by atoms with Gasteiger partial charge in [0, 0.05) is 18.8 Å². The molecule has 0 saturated heterocycles. The fraction of sp³-hybridized carbons (Fsp3) is 0.556. The Balaban J connectivity index is 2.46. The molecule has 3 N–H and O–H groups in total. The third-order valence-corrected chi connectivity index (χ3v) is 1.59. The van der Waals surface area contributed by atoms with E-state index in [0.717, 1.165) is 13.0 Å². The normalized spacial score (nSPS) is 9.86. The number of hydrogen-bond donors (Lipinski definition) is 2. The van der Waals surface area contributed by atoms with Crippen molar-refractivity contribution in [1.29, 1.82) is 0 Å². The lowest BCUT2D eigenvalue weighted by molar-refractivity contribution is 0.326. The Morgan fingerprint density at radius 1 is 1.57 bits per heavy atom. The van der Waals surface area contributed by atoms with Crippen molar-refractivity contribution in [3.63, 3.8) is 0 Å². The minimum Gasteiger partial charge on any atom is -0.478 e. The Hall–Kier alpha value is -1.36. The lowest BCUT2D eigenvalue weighted by Gasteiger charge is -2.05. The zero-order chi connectivity index (χ0) is 10.2. The molecule has 1 aromatic rings. The summed E-state index contributed by atoms with van der Waals surface area (Å²) in [7, 11) is 0. The fourth-order valence-electron chi connectivity index (χ4n) is 0.958. The summed E-state index contributed by atoms with van der Waals surface area (Å²) in [6.45, 7) is 3.98. The zero-order valence-corrected chi connectivity index (χ0v) is 8.36. The van der Waals surface area contributed by atoms with Crippen molar-refractivity contribution in [2.24, 2.45) is 5.73 Å². The van der Waals surface area contributed by atoms with Crippen molar-refractivity contribution in [3.8, 4) is 5.88 Å². The number of hydrogen-bond acceptors (Lipinski definition) is 5. The molecule has 1 aromatic heterocycles. The molecular weight excluding hydrogens is 180 g/mol. The Kier molecular flexibility index (Phi) is 4.71. The van der Waals surface area contributed by atoms with Gasteiger partial charge in [-0.15, -0.1) is 0 Å². The number of nitrogens with zero attached hydrogens (tertiary/aromatic N) is 2. The van der Waals surface area contributed by atoms with E-state index >= 15 is 0 Å². The molecule has 5 heteroatoms. The predicted molar refractivity (Wildman–Crippen MR) is 55.4 cm³/mol. The number of rotatable bonds is 6. The highest BCUT2D eigenvalue weighted by molar-refractivity contribution is 5.27. The van der Waals surface area contributed by atoms with Crippen molar-refractivity contribution in [3.05, 3.63) is 12.3 Å². The van der Waals surface area contributed by atoms with Gasteiger partial charge in [0.25, 0.3) is 0 Å². The number of ether oxygens (including phenoxy) is 1. The summed E-state index contributed by atoms with van der Waals surface area (Å²) in [6.07, 6.45) is 2.57. The van der Waals surface area contributed by atoms with E-state index in [1.54, 1.807) is 12.3 Å². The summed E-state index contributed by atoms with van der Waals surface area (Å²) in [5, 5.41) is 3.06. The van der Waals surface area contributed by atoms with Crippen LogP contribution in [0.15, 0.2) is 12.3 Å². The minimum absolute atomic E-state index is 0.587. The van der Waals surface area contributed by atoms with E-state index in [1.165, 1.54) is 0 Å². The highest BCUT2D eigenvalue weighted by Gasteiger charge is 1.97. The van der Waals surface area contributed by atoms with Crippen LogP contribution in [0, 0.1) is 0 Å². The largest absolute Gasteiger partial charge is 0.478 e. The van der Waals surface area contributed by atoms with Crippen LogP contribution >= 0.6 is 0 Å². The quantitative estimate of drug-likeness (QED) is 0.653. The van der Waals surface area contributed by atoms with Crippen LogP contribution in [-0.4, -0.2) is 29.7 Å². The molecule has 0 aromatic carbocycles. The third-order valence-electron chi connectivity index (χ3n) is 1.59. The van der Waals surface area contributed by atoms with Crippen LogP contribution in [0.2, 0.25) is 0 Å². The monoisotopic (exact) mass is 196 g/mol. The highest BCUT2D eigenvalue weighted by atomic mass is 16.5. The van der Waals surface area contributed by atoms with Gasteiger partial charge in [-0.2, -0.15) is 4.98 Å². The van der Waals surface area contributed by atoms with Crippen LogP contribution in [0.25, 0.3) is 0 Å². The van der Waals surface area contributed by atoms with Gasteiger partial charge in [0.2, 0.25) is 11.8 Å². The van der Waals surface area contributed by atoms with Crippen molar-refractivity contribution >= 4 is 5.95 Å². The van der Waals surface area contributed by atoms with Gasteiger partial charge in [0.1, 0.15) is 0 Å². The second-order valence-electron chi connectivity index (χ2n) is 2.72. The summed E-state index contributed by atoms with van der Waals surface area (Å²) in [4.78, 5) is 8.20. The van der Waals surface area contributed by atoms with Crippen molar-refractivity contribution in [2.45, 2.75) is 13.3 Å². The molecule has 0 bridgehead atoms. The maximum absolute atomic E-state index is 5.36. The molecule has 0 saturated carbocycles. The van der Waals surface area contributed by atoms with Crippen molar-refractivity contribution < 1.29 is 4.74 Å². The summed E-state index contributed by atoms with van der Waals surface area (Å²) >= 11 is 0. The van der Waals surface area contributed by atoms with E-state index in [-0.39, 0.29) is 0 Å². The van der Waals surface area contributed by atoms with Crippen LogP contribution in [-0.2, 0) is 0 Å². The topological polar surface area (TPSA) is 73.1 Å². The van der Waals surface area contributed by atoms with Gasteiger partial charge in [0.15, 0.2) is 0 Å². The third kappa shape index (κ3) is 3.57. The fourth-order valence-corrected chi connectivity index (χ4v) is 0.958. The van der Waals surface area contributed by atoms with E-state index in [4.69, 9.17) is 10.5 Å². The first-order chi connectivity index (χ1) is 6.86. The molecule has 0 aliphatic carbocycles. The molecule has 0 amide bonds. The van der Waals surface area contributed by atoms with Crippen LogP contribution in [0.4, 0.5) is 5.95 Å². The lowest BCUT2D eigenvalue weighted by Crippen LogP contribution is -2.10. The second kappa shape index (κ2) is 6.15. The van der Waals surface area contributed by atoms with E-state index in [2.05, 4.69) is 15.3 Å². The standard InChI is InChI=1S/C9H16N4O/c1-2-14-8-4-7-12-9(13-8)11-6-3-5-10/h4,7H,2-3,5-6,10H2,1H3,(H,11,12,13). The van der Waals surface area contributed by atoms with E-state index in [0.29, 0.717) is 25.0 Å². The van der Waals surface area contributed by atoms with Crippen molar-refractivity contribution in [1.82, 2.24) is 9.97 Å². The number of nitrogens with one attached hydrogen (secondary N) is 1. The molecule has 5 nitrogen and oxygen atoms in total. The van der Waals surface area contributed by atoms with Gasteiger partial charge in [0.05, 0.1) is 6.61 Å². The van der Waals surface area contributed by atoms with Gasteiger partial charge < -0.3 is 15.8 Å². The number of nitrogens with two attached hydrogens (primary N) is 1. The van der Waals surface area contributed by atoms with E-state index in [1.807, 2.05) is 6.92 Å². The SMILES string of the molecule is CCOc1ccnc(NCCCN)n1. The number of aromatic nitrogens is 2. The Labute approximate surface area is 83.7 Å². The zero-order valence-electron chi connectivity index (χ0n) is 8.36. The molecule has 0 spiro atoms. The van der Waals surface area contributed by atoms with Crippen LogP contribution in [0.1, 0.15) is 13.3 Å². The molecule has 14 heavy (non-hydrogen) atoms. The lowest BCUT2D eigenvalue weighted by atomic mass is 10.4. The first-order valence-corrected chi connectivity index (χ1v) is 4.76. The van der Waals surface area contributed by atoms with Gasteiger partial charge in [-0.05, 0) is 19.9 Å². The first-order valence-electron chi connectivity index (χ1n) is 4.76. The first kappa shape index (κ1) is 10.7. The average Bonchev–Trinajstić information content (AvgIpc) is 2.19. The van der Waals surface area contributed by atoms with Gasteiger partial charge in [-0.3, -0.25) is 0 Å². The second-order valence-corrected chi connectivity index (χ2v) is 2.72. The maximum Gasteiger partial charge on any atom is 0.225 e.